The van der Waals surface area contributed by atoms with E-state index in [1.54, 1.807) is 11.8 Å². The minimum Gasteiger partial charge on any atom is -0.320 e. The highest BCUT2D eigenvalue weighted by Crippen LogP contribution is 2.30. The lowest BCUT2D eigenvalue weighted by Gasteiger charge is -2.15. The van der Waals surface area contributed by atoms with Gasteiger partial charge in [-0.15, -0.1) is 11.8 Å². The lowest BCUT2D eigenvalue weighted by atomic mass is 10.00. The van der Waals surface area contributed by atoms with E-state index in [4.69, 9.17) is 5.73 Å². The Bertz CT molecular complexity index is 540. The first-order valence-corrected chi connectivity index (χ1v) is 8.27. The van der Waals surface area contributed by atoms with Gasteiger partial charge in [-0.2, -0.15) is 0 Å². The van der Waals surface area contributed by atoms with Gasteiger partial charge in [0.25, 0.3) is 0 Å². The summed E-state index contributed by atoms with van der Waals surface area (Å²) in [5.41, 5.74) is 8.52. The van der Waals surface area contributed by atoms with E-state index in [0.29, 0.717) is 0 Å². The monoisotopic (exact) mass is 385 g/mol. The van der Waals surface area contributed by atoms with Gasteiger partial charge in [0.15, 0.2) is 0 Å². The Labute approximate surface area is 128 Å². The number of nitrogens with two attached hydrogens (primary N) is 1. The molecule has 1 unspecified atom stereocenters. The Morgan fingerprint density at radius 3 is 2.33 bits per heavy atom. The quantitative estimate of drug-likeness (QED) is 0.752. The molecule has 2 aromatic rings. The van der Waals surface area contributed by atoms with Crippen molar-refractivity contribution in [1.29, 1.82) is 0 Å². The molecular weight excluding hydrogens is 374 g/mol. The second kappa shape index (κ2) is 6.24. The van der Waals surface area contributed by atoms with Gasteiger partial charge in [0.1, 0.15) is 0 Å². The lowest BCUT2D eigenvalue weighted by Crippen LogP contribution is -2.12. The van der Waals surface area contributed by atoms with Crippen molar-refractivity contribution in [3.8, 4) is 0 Å². The molecule has 0 spiro atoms. The summed E-state index contributed by atoms with van der Waals surface area (Å²) < 4.78 is 2.07. The molecule has 0 saturated heterocycles. The van der Waals surface area contributed by atoms with Gasteiger partial charge < -0.3 is 5.73 Å². The Hall–Kier alpha value is -0.290. The smallest absolute Gasteiger partial charge is 0.0563 e. The summed E-state index contributed by atoms with van der Waals surface area (Å²) in [6, 6.07) is 14.3. The average Bonchev–Trinajstić information content (AvgIpc) is 2.41. The van der Waals surface area contributed by atoms with Crippen molar-refractivity contribution in [2.24, 2.45) is 5.73 Å². The first-order valence-electron chi connectivity index (χ1n) is 5.46. The highest BCUT2D eigenvalue weighted by molar-refractivity contribution is 9.11. The van der Waals surface area contributed by atoms with Gasteiger partial charge in [-0.25, -0.2) is 0 Å². The molecule has 0 heterocycles. The summed E-state index contributed by atoms with van der Waals surface area (Å²) >= 11 is 8.76. The van der Waals surface area contributed by atoms with Gasteiger partial charge in [-0.3, -0.25) is 0 Å². The van der Waals surface area contributed by atoms with E-state index < -0.39 is 0 Å². The standard InChI is InChI=1S/C14H13Br2NS/c1-18-11-5-2-9(3-6-11)14(17)12-8-10(15)4-7-13(12)16/h2-8,14H,17H2,1H3. The van der Waals surface area contributed by atoms with Crippen LogP contribution in [-0.2, 0) is 0 Å². The van der Waals surface area contributed by atoms with Crippen molar-refractivity contribution in [2.45, 2.75) is 10.9 Å². The second-order valence-corrected chi connectivity index (χ2v) is 6.57. The van der Waals surface area contributed by atoms with E-state index in [2.05, 4.69) is 68.4 Å². The molecule has 0 aromatic heterocycles. The topological polar surface area (TPSA) is 26.0 Å². The van der Waals surface area contributed by atoms with Gasteiger partial charge >= 0.3 is 0 Å². The van der Waals surface area contributed by atoms with E-state index in [1.807, 2.05) is 12.1 Å². The molecule has 18 heavy (non-hydrogen) atoms. The number of rotatable bonds is 3. The molecule has 0 aliphatic rings. The molecule has 0 saturated carbocycles. The molecule has 0 bridgehead atoms. The van der Waals surface area contributed by atoms with Crippen LogP contribution in [0.2, 0.25) is 0 Å². The Morgan fingerprint density at radius 2 is 1.72 bits per heavy atom. The molecule has 0 amide bonds. The zero-order valence-corrected chi connectivity index (χ0v) is 13.8. The van der Waals surface area contributed by atoms with Crippen molar-refractivity contribution in [1.82, 2.24) is 0 Å². The first kappa shape index (κ1) is 14.1. The van der Waals surface area contributed by atoms with Gasteiger partial charge in [-0.1, -0.05) is 44.0 Å². The molecule has 2 rings (SSSR count). The van der Waals surface area contributed by atoms with E-state index in [9.17, 15) is 0 Å². The SMILES string of the molecule is CSc1ccc(C(N)c2cc(Br)ccc2Br)cc1. The van der Waals surface area contributed by atoms with Crippen LogP contribution in [0, 0.1) is 0 Å². The first-order chi connectivity index (χ1) is 8.61. The maximum Gasteiger partial charge on any atom is 0.0563 e. The van der Waals surface area contributed by atoms with Crippen LogP contribution in [0.1, 0.15) is 17.2 Å². The summed E-state index contributed by atoms with van der Waals surface area (Å²) in [4.78, 5) is 1.25. The highest BCUT2D eigenvalue weighted by atomic mass is 79.9. The number of halogens is 2. The highest BCUT2D eigenvalue weighted by Gasteiger charge is 2.12. The largest absolute Gasteiger partial charge is 0.320 e. The minimum atomic E-state index is -0.118. The van der Waals surface area contributed by atoms with Gasteiger partial charge in [0.05, 0.1) is 6.04 Å². The fraction of sp³-hybridized carbons (Fsp3) is 0.143. The molecule has 0 aliphatic carbocycles. The summed E-state index contributed by atoms with van der Waals surface area (Å²) in [6.07, 6.45) is 2.07. The van der Waals surface area contributed by atoms with E-state index in [-0.39, 0.29) is 6.04 Å². The summed E-state index contributed by atoms with van der Waals surface area (Å²) in [7, 11) is 0. The van der Waals surface area contributed by atoms with Crippen LogP contribution in [-0.4, -0.2) is 6.26 Å². The molecule has 2 aromatic carbocycles. The molecule has 2 N–H and O–H groups in total. The number of thioether (sulfide) groups is 1. The molecule has 1 nitrogen and oxygen atoms in total. The van der Waals surface area contributed by atoms with Crippen LogP contribution in [0.25, 0.3) is 0 Å². The maximum absolute atomic E-state index is 6.32. The van der Waals surface area contributed by atoms with Crippen LogP contribution < -0.4 is 5.73 Å². The number of benzene rings is 2. The van der Waals surface area contributed by atoms with Crippen molar-refractivity contribution < 1.29 is 0 Å². The van der Waals surface area contributed by atoms with Crippen LogP contribution >= 0.6 is 43.6 Å². The summed E-state index contributed by atoms with van der Waals surface area (Å²) in [5.74, 6) is 0. The Kier molecular flexibility index (Phi) is 4.90. The molecule has 0 fully saturated rings. The average molecular weight is 387 g/mol. The third kappa shape index (κ3) is 3.18. The molecule has 4 heteroatoms. The predicted molar refractivity (Wildman–Crippen MR) is 86.1 cm³/mol. The van der Waals surface area contributed by atoms with Crippen molar-refractivity contribution in [3.63, 3.8) is 0 Å². The minimum absolute atomic E-state index is 0.118. The molecule has 1 atom stereocenters. The molecule has 94 valence electrons. The molecular formula is C14H13Br2NS. The predicted octanol–water partition coefficient (Wildman–Crippen LogP) is 4.98. The Balaban J connectivity index is 2.34. The zero-order chi connectivity index (χ0) is 13.1. The fourth-order valence-corrected chi connectivity index (χ4v) is 3.02. The van der Waals surface area contributed by atoms with E-state index in [1.165, 1.54) is 4.90 Å². The third-order valence-corrected chi connectivity index (χ3v) is 4.73. The Morgan fingerprint density at radius 1 is 1.06 bits per heavy atom. The third-order valence-electron chi connectivity index (χ3n) is 2.77. The van der Waals surface area contributed by atoms with Crippen molar-refractivity contribution >= 4 is 43.6 Å². The second-order valence-electron chi connectivity index (χ2n) is 3.92. The van der Waals surface area contributed by atoms with Crippen molar-refractivity contribution in [3.05, 3.63) is 62.5 Å². The normalized spacial score (nSPS) is 12.4. The van der Waals surface area contributed by atoms with Gasteiger partial charge in [0.2, 0.25) is 0 Å². The molecule has 0 aliphatic heterocycles. The summed E-state index contributed by atoms with van der Waals surface area (Å²) in [6.45, 7) is 0. The van der Waals surface area contributed by atoms with E-state index in [0.717, 1.165) is 20.1 Å². The van der Waals surface area contributed by atoms with Crippen LogP contribution in [0.5, 0.6) is 0 Å². The van der Waals surface area contributed by atoms with Gasteiger partial charge in [0, 0.05) is 13.8 Å². The van der Waals surface area contributed by atoms with Gasteiger partial charge in [-0.05, 0) is 47.7 Å². The molecule has 0 radical (unpaired) electrons. The zero-order valence-electron chi connectivity index (χ0n) is 9.86. The summed E-state index contributed by atoms with van der Waals surface area (Å²) in [5, 5.41) is 0. The number of hydrogen-bond acceptors (Lipinski definition) is 2. The fourth-order valence-electron chi connectivity index (χ4n) is 1.74. The van der Waals surface area contributed by atoms with Crippen LogP contribution in [0.4, 0.5) is 0 Å². The van der Waals surface area contributed by atoms with Crippen LogP contribution in [0.15, 0.2) is 56.3 Å². The van der Waals surface area contributed by atoms with Crippen LogP contribution in [0.3, 0.4) is 0 Å². The van der Waals surface area contributed by atoms with Crippen molar-refractivity contribution in [2.75, 3.05) is 6.26 Å². The van der Waals surface area contributed by atoms with E-state index >= 15 is 0 Å². The number of hydrogen-bond donors (Lipinski definition) is 1. The maximum atomic E-state index is 6.32. The lowest BCUT2D eigenvalue weighted by molar-refractivity contribution is 0.863.